The van der Waals surface area contributed by atoms with Gasteiger partial charge in [0.25, 0.3) is 5.92 Å². The van der Waals surface area contributed by atoms with E-state index in [0.717, 1.165) is 26.1 Å². The van der Waals surface area contributed by atoms with E-state index >= 15 is 0 Å². The van der Waals surface area contributed by atoms with E-state index in [4.69, 9.17) is 9.72 Å². The molecule has 1 aromatic heterocycles. The van der Waals surface area contributed by atoms with Crippen molar-refractivity contribution in [1.29, 1.82) is 0 Å². The van der Waals surface area contributed by atoms with Crippen molar-refractivity contribution in [1.82, 2.24) is 20.2 Å². The Morgan fingerprint density at radius 2 is 1.97 bits per heavy atom. The van der Waals surface area contributed by atoms with E-state index in [1.165, 1.54) is 0 Å². The number of halogens is 2. The van der Waals surface area contributed by atoms with Crippen molar-refractivity contribution >= 4 is 17.7 Å². The zero-order valence-electron chi connectivity index (χ0n) is 18.1. The van der Waals surface area contributed by atoms with Crippen LogP contribution in [0.5, 0.6) is 0 Å². The summed E-state index contributed by atoms with van der Waals surface area (Å²) in [5.41, 5.74) is 0.446. The first-order valence-electron chi connectivity index (χ1n) is 11.3. The molecule has 170 valence electrons. The summed E-state index contributed by atoms with van der Waals surface area (Å²) >= 11 is 0. The van der Waals surface area contributed by atoms with Gasteiger partial charge in [0.15, 0.2) is 0 Å². The van der Waals surface area contributed by atoms with Gasteiger partial charge in [-0.25, -0.2) is 4.98 Å². The van der Waals surface area contributed by atoms with Gasteiger partial charge < -0.3 is 24.8 Å². The van der Waals surface area contributed by atoms with Crippen molar-refractivity contribution in [2.45, 2.75) is 57.2 Å². The molecule has 0 spiro atoms. The number of nitrogens with one attached hydrogen (secondary N) is 1. The third-order valence-corrected chi connectivity index (χ3v) is 7.15. The molecule has 8 nitrogen and oxygen atoms in total. The van der Waals surface area contributed by atoms with Crippen LogP contribution >= 0.6 is 0 Å². The van der Waals surface area contributed by atoms with Crippen LogP contribution in [0.15, 0.2) is 0 Å². The van der Waals surface area contributed by atoms with Gasteiger partial charge in [0.1, 0.15) is 18.1 Å². The third kappa shape index (κ3) is 3.63. The quantitative estimate of drug-likeness (QED) is 0.742. The Hall–Kier alpha value is -2.07. The van der Waals surface area contributed by atoms with Crippen molar-refractivity contribution < 1.29 is 18.3 Å². The Morgan fingerprint density at radius 3 is 2.61 bits per heavy atom. The molecule has 3 aliphatic heterocycles. The van der Waals surface area contributed by atoms with Crippen LogP contribution in [0.25, 0.3) is 0 Å². The molecule has 31 heavy (non-hydrogen) atoms. The van der Waals surface area contributed by atoms with Gasteiger partial charge in [-0.05, 0) is 26.7 Å². The first kappa shape index (κ1) is 20.8. The molecule has 10 heteroatoms. The van der Waals surface area contributed by atoms with Crippen molar-refractivity contribution in [2.75, 3.05) is 55.7 Å². The number of carbonyl (C=O) groups excluding carboxylic acids is 1. The molecule has 1 aromatic rings. The van der Waals surface area contributed by atoms with Crippen LogP contribution in [0.1, 0.15) is 37.9 Å². The molecular formula is C21H30F2N6O2. The molecule has 4 aliphatic rings. The van der Waals surface area contributed by atoms with Gasteiger partial charge >= 0.3 is 0 Å². The highest BCUT2D eigenvalue weighted by molar-refractivity contribution is 5.77. The predicted molar refractivity (Wildman–Crippen MR) is 112 cm³/mol. The van der Waals surface area contributed by atoms with Crippen LogP contribution in [0, 0.1) is 0 Å². The monoisotopic (exact) mass is 436 g/mol. The average Bonchev–Trinajstić information content (AvgIpc) is 3.06. The summed E-state index contributed by atoms with van der Waals surface area (Å²) in [6, 6.07) is 0.229. The second-order valence-corrected chi connectivity index (χ2v) is 9.08. The van der Waals surface area contributed by atoms with Crippen LogP contribution in [0.2, 0.25) is 0 Å². The van der Waals surface area contributed by atoms with Crippen molar-refractivity contribution in [2.24, 2.45) is 0 Å². The molecule has 1 amide bonds. The Kier molecular flexibility index (Phi) is 5.24. The van der Waals surface area contributed by atoms with Gasteiger partial charge in [-0.2, -0.15) is 13.8 Å². The smallest absolute Gasteiger partial charge is 0.290 e. The molecule has 0 unspecified atom stereocenters. The number of rotatable bonds is 5. The topological polar surface area (TPSA) is 73.8 Å². The lowest BCUT2D eigenvalue weighted by molar-refractivity contribution is -0.140. The Balaban J connectivity index is 1.29. The Bertz CT molecular complexity index is 863. The summed E-state index contributed by atoms with van der Waals surface area (Å²) in [6.45, 7) is 8.46. The van der Waals surface area contributed by atoms with Crippen molar-refractivity contribution in [3.63, 3.8) is 0 Å². The Morgan fingerprint density at radius 1 is 1.19 bits per heavy atom. The third-order valence-electron chi connectivity index (χ3n) is 7.15. The maximum atomic E-state index is 14.5. The minimum absolute atomic E-state index is 0.00350. The summed E-state index contributed by atoms with van der Waals surface area (Å²) in [5, 5.41) is 3.23. The minimum atomic E-state index is -2.91. The fourth-order valence-electron chi connectivity index (χ4n) is 4.80. The Labute approximate surface area is 180 Å². The van der Waals surface area contributed by atoms with Crippen molar-refractivity contribution in [3.05, 3.63) is 11.3 Å². The van der Waals surface area contributed by atoms with Gasteiger partial charge in [0.2, 0.25) is 11.9 Å². The minimum Gasteiger partial charge on any atom is -0.364 e. The van der Waals surface area contributed by atoms with Gasteiger partial charge in [-0.3, -0.25) is 4.79 Å². The largest absolute Gasteiger partial charge is 0.364 e. The summed E-state index contributed by atoms with van der Waals surface area (Å²) < 4.78 is 34.9. The summed E-state index contributed by atoms with van der Waals surface area (Å²) in [6.07, 6.45) is 0.961. The highest BCUT2D eigenvalue weighted by atomic mass is 19.3. The molecule has 3 atom stereocenters. The lowest BCUT2D eigenvalue weighted by Gasteiger charge is -2.48. The lowest BCUT2D eigenvalue weighted by Crippen LogP contribution is -2.61. The molecule has 1 N–H and O–H groups in total. The zero-order chi connectivity index (χ0) is 21.8. The first-order chi connectivity index (χ1) is 14.8. The molecule has 0 aromatic carbocycles. The van der Waals surface area contributed by atoms with E-state index in [2.05, 4.69) is 17.2 Å². The first-order valence-corrected chi connectivity index (χ1v) is 11.3. The number of ether oxygens (including phenoxy) is 1. The van der Waals surface area contributed by atoms with Crippen LogP contribution < -0.4 is 15.1 Å². The van der Waals surface area contributed by atoms with Gasteiger partial charge in [-0.15, -0.1) is 0 Å². The van der Waals surface area contributed by atoms with Gasteiger partial charge in [-0.1, -0.05) is 0 Å². The molecule has 0 radical (unpaired) electrons. The predicted octanol–water partition coefficient (Wildman–Crippen LogP) is 1.14. The number of nitrogens with zero attached hydrogens (tertiary/aromatic N) is 5. The second-order valence-electron chi connectivity index (χ2n) is 9.08. The molecule has 3 fully saturated rings. The van der Waals surface area contributed by atoms with E-state index in [1.807, 2.05) is 21.6 Å². The number of fused-ring (bicyclic) bond motifs is 1. The summed E-state index contributed by atoms with van der Waals surface area (Å²) in [7, 11) is 0. The average molecular weight is 437 g/mol. The van der Waals surface area contributed by atoms with Gasteiger partial charge in [0, 0.05) is 57.3 Å². The number of amides is 1. The number of carbonyl (C=O) groups is 1. The van der Waals surface area contributed by atoms with Gasteiger partial charge in [0.05, 0.1) is 12.1 Å². The van der Waals surface area contributed by atoms with Crippen LogP contribution in [-0.2, 0) is 21.9 Å². The molecule has 3 saturated heterocycles. The number of aromatic nitrogens is 2. The lowest BCUT2D eigenvalue weighted by atomic mass is 9.99. The second kappa shape index (κ2) is 7.81. The molecule has 0 saturated carbocycles. The number of anilines is 2. The maximum Gasteiger partial charge on any atom is 0.290 e. The maximum absolute atomic E-state index is 14.5. The van der Waals surface area contributed by atoms with E-state index in [1.54, 1.807) is 0 Å². The number of hydrogen-bond acceptors (Lipinski definition) is 7. The number of hydrogen-bond donors (Lipinski definition) is 1. The van der Waals surface area contributed by atoms with E-state index in [0.29, 0.717) is 37.0 Å². The standard InChI is InChI=1S/C21H30F2N6O2/c1-13-4-8-28(13)20-25-18-15(3-5-21(18,22)23)19(26-20)29-11-16(14(29)2)31-12-17(30)27-9-6-24-7-10-27/h13-14,16,24H,3-12H2,1-2H3/t13-,14-,16+/m0/s1. The van der Waals surface area contributed by atoms with Crippen LogP contribution in [-0.4, -0.2) is 84.8 Å². The normalized spacial score (nSPS) is 29.4. The fourth-order valence-corrected chi connectivity index (χ4v) is 4.80. The van der Waals surface area contributed by atoms with Crippen LogP contribution in [0.3, 0.4) is 0 Å². The summed E-state index contributed by atoms with van der Waals surface area (Å²) in [5.74, 6) is -1.89. The molecular weight excluding hydrogens is 406 g/mol. The molecule has 0 bridgehead atoms. The molecule has 1 aliphatic carbocycles. The fraction of sp³-hybridized carbons (Fsp3) is 0.762. The zero-order valence-corrected chi connectivity index (χ0v) is 18.1. The SMILES string of the molecule is C[C@H]1CCN1c1nc(N2C[C@@H](OCC(=O)N3CCNCC3)[C@@H]2C)c2c(n1)C(F)(F)CC2. The van der Waals surface area contributed by atoms with Crippen LogP contribution in [0.4, 0.5) is 20.5 Å². The van der Waals surface area contributed by atoms with E-state index in [-0.39, 0.29) is 49.2 Å². The highest BCUT2D eigenvalue weighted by Crippen LogP contribution is 2.46. The highest BCUT2D eigenvalue weighted by Gasteiger charge is 2.47. The molecule has 4 heterocycles. The summed E-state index contributed by atoms with van der Waals surface area (Å²) in [4.78, 5) is 27.2. The number of alkyl halides is 2. The van der Waals surface area contributed by atoms with Crippen molar-refractivity contribution in [3.8, 4) is 0 Å². The van der Waals surface area contributed by atoms with E-state index < -0.39 is 5.92 Å². The molecule has 5 rings (SSSR count). The van der Waals surface area contributed by atoms with E-state index in [9.17, 15) is 13.6 Å². The number of piperazine rings is 1.